The quantitative estimate of drug-likeness (QED) is 0.504. The van der Waals surface area contributed by atoms with E-state index in [0.29, 0.717) is 6.54 Å². The first-order chi connectivity index (χ1) is 16.1. The van der Waals surface area contributed by atoms with Crippen molar-refractivity contribution < 1.29 is 27.5 Å². The third kappa shape index (κ3) is 6.00. The first-order valence-electron chi connectivity index (χ1n) is 10.7. The van der Waals surface area contributed by atoms with E-state index < -0.39 is 35.3 Å². The lowest BCUT2D eigenvalue weighted by Gasteiger charge is -2.15. The van der Waals surface area contributed by atoms with E-state index in [0.717, 1.165) is 17.7 Å². The van der Waals surface area contributed by atoms with Gasteiger partial charge in [0.1, 0.15) is 5.69 Å². The molecule has 1 amide bonds. The van der Waals surface area contributed by atoms with Gasteiger partial charge in [-0.15, -0.1) is 0 Å². The maximum absolute atomic E-state index is 13.2. The smallest absolute Gasteiger partial charge is 0.416 e. The molecule has 1 N–H and O–H groups in total. The summed E-state index contributed by atoms with van der Waals surface area (Å²) in [5.74, 6) is -1.18. The average molecular weight is 475 g/mol. The number of nitrogens with zero attached hydrogens (tertiary/aromatic N) is 2. The Morgan fingerprint density at radius 2 is 1.85 bits per heavy atom. The van der Waals surface area contributed by atoms with Gasteiger partial charge in [0.05, 0.1) is 29.6 Å². The number of carbonyl (C=O) groups is 2. The average Bonchev–Trinajstić information content (AvgIpc) is 2.79. The number of benzene rings is 2. The molecule has 0 saturated carbocycles. The Morgan fingerprint density at radius 1 is 1.15 bits per heavy atom. The van der Waals surface area contributed by atoms with Gasteiger partial charge >= 0.3 is 12.1 Å². The fraction of sp³-hybridized carbons (Fsp3) is 0.333. The maximum Gasteiger partial charge on any atom is 0.416 e. The molecule has 180 valence electrons. The van der Waals surface area contributed by atoms with Gasteiger partial charge in [-0.25, -0.2) is 4.98 Å². The first-order valence-corrected chi connectivity index (χ1v) is 10.7. The summed E-state index contributed by atoms with van der Waals surface area (Å²) in [5, 5.41) is 2.53. The second kappa shape index (κ2) is 10.5. The van der Waals surface area contributed by atoms with Gasteiger partial charge in [-0.3, -0.25) is 14.4 Å². The zero-order chi connectivity index (χ0) is 24.9. The van der Waals surface area contributed by atoms with Gasteiger partial charge in [0, 0.05) is 13.0 Å². The Hall–Kier alpha value is -3.69. The minimum atomic E-state index is -4.57. The summed E-state index contributed by atoms with van der Waals surface area (Å²) in [6.45, 7) is 3.64. The Morgan fingerprint density at radius 3 is 2.50 bits per heavy atom. The lowest BCUT2D eigenvalue weighted by molar-refractivity contribution is -0.154. The summed E-state index contributed by atoms with van der Waals surface area (Å²) < 4.78 is 46.2. The van der Waals surface area contributed by atoms with Gasteiger partial charge in [0.2, 0.25) is 0 Å². The molecular weight excluding hydrogens is 451 g/mol. The Kier molecular flexibility index (Phi) is 7.70. The van der Waals surface area contributed by atoms with Crippen LogP contribution >= 0.6 is 0 Å². The van der Waals surface area contributed by atoms with Crippen LogP contribution in [-0.2, 0) is 33.5 Å². The fourth-order valence-corrected chi connectivity index (χ4v) is 3.41. The van der Waals surface area contributed by atoms with Gasteiger partial charge in [-0.05, 0) is 37.6 Å². The van der Waals surface area contributed by atoms with Gasteiger partial charge in [-0.1, -0.05) is 30.3 Å². The van der Waals surface area contributed by atoms with Crippen LogP contribution in [0.15, 0.2) is 53.3 Å². The molecule has 0 fully saturated rings. The highest BCUT2D eigenvalue weighted by molar-refractivity contribution is 5.83. The zero-order valence-corrected chi connectivity index (χ0v) is 18.7. The van der Waals surface area contributed by atoms with Gasteiger partial charge < -0.3 is 14.6 Å². The van der Waals surface area contributed by atoms with Crippen molar-refractivity contribution in [2.24, 2.45) is 0 Å². The summed E-state index contributed by atoms with van der Waals surface area (Å²) in [6.07, 6.45) is -6.00. The third-order valence-electron chi connectivity index (χ3n) is 5.12. The van der Waals surface area contributed by atoms with E-state index in [9.17, 15) is 27.6 Å². The second-order valence-electron chi connectivity index (χ2n) is 7.66. The molecule has 0 radical (unpaired) electrons. The summed E-state index contributed by atoms with van der Waals surface area (Å²) >= 11 is 0. The molecule has 1 aromatic heterocycles. The van der Waals surface area contributed by atoms with Crippen LogP contribution in [0.2, 0.25) is 0 Å². The van der Waals surface area contributed by atoms with Crippen molar-refractivity contribution in [1.82, 2.24) is 14.9 Å². The van der Waals surface area contributed by atoms with Crippen molar-refractivity contribution in [1.29, 1.82) is 0 Å². The van der Waals surface area contributed by atoms with Gasteiger partial charge in [-0.2, -0.15) is 13.2 Å². The number of aryl methyl sites for hydroxylation is 1. The Labute approximate surface area is 193 Å². The molecule has 34 heavy (non-hydrogen) atoms. The largest absolute Gasteiger partial charge is 0.453 e. The predicted octanol–water partition coefficient (Wildman–Crippen LogP) is 3.46. The number of likely N-dealkylation sites (N-methyl/N-ethyl adjacent to an activating group) is 1. The number of halogens is 3. The molecule has 1 heterocycles. The molecule has 2 aromatic carbocycles. The Balaban J connectivity index is 1.93. The highest BCUT2D eigenvalue weighted by Crippen LogP contribution is 2.31. The van der Waals surface area contributed by atoms with E-state index in [-0.39, 0.29) is 36.1 Å². The summed E-state index contributed by atoms with van der Waals surface area (Å²) in [4.78, 5) is 41.2. The number of hydrogen-bond acceptors (Lipinski definition) is 5. The van der Waals surface area contributed by atoms with E-state index >= 15 is 0 Å². The number of alkyl halides is 3. The molecule has 0 spiro atoms. The number of aromatic nitrogens is 2. The molecule has 3 aromatic rings. The number of esters is 1. The number of fused-ring (bicyclic) bond motifs is 1. The van der Waals surface area contributed by atoms with Crippen LogP contribution in [0.25, 0.3) is 11.0 Å². The monoisotopic (exact) mass is 475 g/mol. The van der Waals surface area contributed by atoms with Gasteiger partial charge in [0.15, 0.2) is 6.10 Å². The Bertz CT molecular complexity index is 1240. The second-order valence-corrected chi connectivity index (χ2v) is 7.66. The number of nitrogens with one attached hydrogen (secondary N) is 1. The van der Waals surface area contributed by atoms with Crippen molar-refractivity contribution >= 4 is 22.9 Å². The molecule has 0 aliphatic carbocycles. The number of hydrogen-bond donors (Lipinski definition) is 1. The molecule has 1 atom stereocenters. The zero-order valence-electron chi connectivity index (χ0n) is 18.7. The lowest BCUT2D eigenvalue weighted by atomic mass is 10.1. The summed E-state index contributed by atoms with van der Waals surface area (Å²) in [6, 6.07) is 12.0. The van der Waals surface area contributed by atoms with Gasteiger partial charge in [0.25, 0.3) is 11.5 Å². The van der Waals surface area contributed by atoms with E-state index in [2.05, 4.69) is 10.3 Å². The molecule has 0 aliphatic rings. The predicted molar refractivity (Wildman–Crippen MR) is 119 cm³/mol. The first kappa shape index (κ1) is 24.9. The summed E-state index contributed by atoms with van der Waals surface area (Å²) in [5.41, 5.74) is -0.454. The molecule has 7 nitrogen and oxygen atoms in total. The highest BCUT2D eigenvalue weighted by atomic mass is 19.4. The maximum atomic E-state index is 13.2. The molecule has 3 rings (SSSR count). The van der Waals surface area contributed by atoms with E-state index in [1.807, 2.05) is 6.07 Å². The van der Waals surface area contributed by atoms with Crippen molar-refractivity contribution in [2.75, 3.05) is 6.54 Å². The van der Waals surface area contributed by atoms with Crippen molar-refractivity contribution in [3.63, 3.8) is 0 Å². The summed E-state index contributed by atoms with van der Waals surface area (Å²) in [7, 11) is 0. The number of ether oxygens (including phenoxy) is 1. The van der Waals surface area contributed by atoms with Crippen LogP contribution < -0.4 is 10.9 Å². The van der Waals surface area contributed by atoms with Crippen molar-refractivity contribution in [3.8, 4) is 0 Å². The number of carbonyl (C=O) groups excluding carboxylic acids is 2. The molecule has 0 saturated heterocycles. The van der Waals surface area contributed by atoms with E-state index in [4.69, 9.17) is 4.74 Å². The molecule has 0 bridgehead atoms. The topological polar surface area (TPSA) is 90.3 Å². The SMILES string of the molecule is CCNC(=O)C(C)OC(=O)CCc1nc2cc(C(F)(F)F)ccc2n(Cc2ccccc2)c1=O. The fourth-order valence-electron chi connectivity index (χ4n) is 3.41. The molecule has 0 aliphatic heterocycles. The minimum Gasteiger partial charge on any atom is -0.453 e. The van der Waals surface area contributed by atoms with Crippen LogP contribution in [0.4, 0.5) is 13.2 Å². The highest BCUT2D eigenvalue weighted by Gasteiger charge is 2.31. The number of rotatable bonds is 8. The standard InChI is InChI=1S/C24H24F3N3O4/c1-3-28-22(32)15(2)34-21(31)12-10-18-23(33)30(14-16-7-5-4-6-8-16)20-11-9-17(24(25,26)27)13-19(20)29-18/h4-9,11,13,15H,3,10,12,14H2,1-2H3,(H,28,32). The normalized spacial score (nSPS) is 12.4. The van der Waals surface area contributed by atoms with Crippen LogP contribution in [0.1, 0.15) is 37.1 Å². The third-order valence-corrected chi connectivity index (χ3v) is 5.12. The lowest BCUT2D eigenvalue weighted by Crippen LogP contribution is -2.35. The molecule has 10 heteroatoms. The minimum absolute atomic E-state index is 0.00980. The van der Waals surface area contributed by atoms with E-state index in [1.165, 1.54) is 17.6 Å². The molecule has 1 unspecified atom stereocenters. The van der Waals surface area contributed by atoms with Crippen LogP contribution in [0, 0.1) is 0 Å². The molecular formula is C24H24F3N3O4. The van der Waals surface area contributed by atoms with E-state index in [1.54, 1.807) is 31.2 Å². The van der Waals surface area contributed by atoms with Crippen LogP contribution in [0.3, 0.4) is 0 Å². The number of amides is 1. The van der Waals surface area contributed by atoms with Crippen LogP contribution in [-0.4, -0.2) is 34.1 Å². The van der Waals surface area contributed by atoms with Crippen molar-refractivity contribution in [2.45, 2.75) is 45.5 Å². The van der Waals surface area contributed by atoms with Crippen molar-refractivity contribution in [3.05, 3.63) is 75.7 Å². The van der Waals surface area contributed by atoms with Crippen LogP contribution in [0.5, 0.6) is 0 Å².